The number of hydrogen-bond acceptors (Lipinski definition) is 4. The molecule has 0 fully saturated rings. The number of carbonyl (C=O) groups excluding carboxylic acids is 2. The van der Waals surface area contributed by atoms with Gasteiger partial charge in [-0.05, 0) is 73.1 Å². The van der Waals surface area contributed by atoms with Gasteiger partial charge in [0.05, 0.1) is 20.6 Å². The minimum atomic E-state index is -0.862. The van der Waals surface area contributed by atoms with Gasteiger partial charge in [-0.2, -0.15) is 0 Å². The van der Waals surface area contributed by atoms with Crippen LogP contribution in [0.25, 0.3) is 0 Å². The Morgan fingerprint density at radius 1 is 0.925 bits per heavy atom. The fourth-order valence-electron chi connectivity index (χ4n) is 5.06. The predicted molar refractivity (Wildman–Crippen MR) is 154 cm³/mol. The van der Waals surface area contributed by atoms with E-state index in [-0.39, 0.29) is 30.6 Å². The highest BCUT2D eigenvalue weighted by molar-refractivity contribution is 5.89. The Balaban J connectivity index is 1.63. The highest BCUT2D eigenvalue weighted by atomic mass is 19.1. The number of ether oxygens (including phenoxy) is 2. The molecule has 0 unspecified atom stereocenters. The van der Waals surface area contributed by atoms with Gasteiger partial charge in [0.25, 0.3) is 0 Å². The summed E-state index contributed by atoms with van der Waals surface area (Å²) in [5.74, 6) is 0.242. The van der Waals surface area contributed by atoms with Gasteiger partial charge in [-0.3, -0.25) is 9.59 Å². The molecule has 1 N–H and O–H groups in total. The van der Waals surface area contributed by atoms with Gasteiger partial charge in [-0.25, -0.2) is 4.39 Å². The van der Waals surface area contributed by atoms with Crippen LogP contribution in [0.1, 0.15) is 54.8 Å². The Kier molecular flexibility index (Phi) is 10.3. The first kappa shape index (κ1) is 28.9. The van der Waals surface area contributed by atoms with Crippen molar-refractivity contribution in [2.24, 2.45) is 0 Å². The van der Waals surface area contributed by atoms with Crippen molar-refractivity contribution in [1.82, 2.24) is 10.2 Å². The molecule has 0 heterocycles. The Morgan fingerprint density at radius 3 is 2.33 bits per heavy atom. The fraction of sp³-hybridized carbons (Fsp3) is 0.333. The molecule has 210 valence electrons. The normalized spacial score (nSPS) is 13.6. The molecule has 1 aliphatic rings. The van der Waals surface area contributed by atoms with Gasteiger partial charge >= 0.3 is 0 Å². The minimum Gasteiger partial charge on any atom is -0.493 e. The number of allylic oxidation sites excluding steroid dienone is 1. The second kappa shape index (κ2) is 14.3. The molecule has 0 spiro atoms. The van der Waals surface area contributed by atoms with E-state index in [0.29, 0.717) is 23.6 Å². The van der Waals surface area contributed by atoms with Crippen molar-refractivity contribution in [2.45, 2.75) is 51.1 Å². The molecule has 1 atom stereocenters. The molecule has 0 saturated heterocycles. The van der Waals surface area contributed by atoms with E-state index < -0.39 is 6.04 Å². The molecule has 0 aliphatic heterocycles. The van der Waals surface area contributed by atoms with Crippen LogP contribution >= 0.6 is 0 Å². The van der Waals surface area contributed by atoms with Crippen LogP contribution in [0, 0.1) is 5.82 Å². The molecule has 0 saturated carbocycles. The van der Waals surface area contributed by atoms with Crippen LogP contribution < -0.4 is 14.8 Å². The SMILES string of the molecule is COc1ccc(CC(=O)N(Cc2ccc(F)cc2)[C@H](C(=O)NCCC2=CCCCC2)c2ccccc2)cc1OC. The van der Waals surface area contributed by atoms with E-state index in [2.05, 4.69) is 11.4 Å². The Labute approximate surface area is 235 Å². The van der Waals surface area contributed by atoms with Crippen molar-refractivity contribution in [3.8, 4) is 11.5 Å². The molecule has 0 bridgehead atoms. The average Bonchev–Trinajstić information content (AvgIpc) is 2.99. The van der Waals surface area contributed by atoms with Crippen LogP contribution in [0.3, 0.4) is 0 Å². The summed E-state index contributed by atoms with van der Waals surface area (Å²) in [5.41, 5.74) is 3.53. The van der Waals surface area contributed by atoms with Crippen molar-refractivity contribution in [3.63, 3.8) is 0 Å². The third-order valence-corrected chi connectivity index (χ3v) is 7.20. The number of hydrogen-bond donors (Lipinski definition) is 1. The topological polar surface area (TPSA) is 67.9 Å². The molecule has 3 aromatic rings. The van der Waals surface area contributed by atoms with Crippen LogP contribution in [-0.2, 0) is 22.6 Å². The summed E-state index contributed by atoms with van der Waals surface area (Å²) in [6, 6.07) is 19.8. The zero-order valence-electron chi connectivity index (χ0n) is 23.2. The minimum absolute atomic E-state index is 0.0467. The van der Waals surface area contributed by atoms with Crippen LogP contribution in [0.5, 0.6) is 11.5 Å². The lowest BCUT2D eigenvalue weighted by atomic mass is 9.97. The lowest BCUT2D eigenvalue weighted by molar-refractivity contribution is -0.141. The first-order chi connectivity index (χ1) is 19.5. The number of methoxy groups -OCH3 is 2. The van der Waals surface area contributed by atoms with E-state index >= 15 is 0 Å². The summed E-state index contributed by atoms with van der Waals surface area (Å²) in [6.07, 6.45) is 7.67. The molecular formula is C33H37FN2O4. The summed E-state index contributed by atoms with van der Waals surface area (Å²) in [6.45, 7) is 0.646. The Morgan fingerprint density at radius 2 is 1.65 bits per heavy atom. The maximum absolute atomic E-state index is 14.0. The summed E-state index contributed by atoms with van der Waals surface area (Å²) in [5, 5.41) is 3.09. The molecule has 4 rings (SSSR count). The third-order valence-electron chi connectivity index (χ3n) is 7.20. The van der Waals surface area contributed by atoms with Crippen LogP contribution in [-0.4, -0.2) is 37.5 Å². The largest absolute Gasteiger partial charge is 0.493 e. The van der Waals surface area contributed by atoms with Crippen molar-refractivity contribution in [3.05, 3.63) is 107 Å². The van der Waals surface area contributed by atoms with Gasteiger partial charge in [-0.1, -0.05) is 60.2 Å². The quantitative estimate of drug-likeness (QED) is 0.277. The standard InChI is InChI=1S/C33H37FN2O4/c1-39-29-18-15-26(21-30(29)40-2)22-31(37)36(23-25-13-16-28(34)17-14-25)32(27-11-7-4-8-12-27)33(38)35-20-19-24-9-5-3-6-10-24/h4,7-9,11-18,21,32H,3,5-6,10,19-20,22-23H2,1-2H3,(H,35,38)/t32-/m0/s1. The number of nitrogens with one attached hydrogen (secondary N) is 1. The van der Waals surface area contributed by atoms with E-state index in [4.69, 9.17) is 9.47 Å². The predicted octanol–water partition coefficient (Wildman–Crippen LogP) is 6.16. The zero-order valence-corrected chi connectivity index (χ0v) is 23.2. The van der Waals surface area contributed by atoms with Crippen molar-refractivity contribution in [1.29, 1.82) is 0 Å². The second-order valence-electron chi connectivity index (χ2n) is 9.98. The number of halogens is 1. The van der Waals surface area contributed by atoms with Gasteiger partial charge < -0.3 is 19.7 Å². The molecule has 0 aromatic heterocycles. The van der Waals surface area contributed by atoms with Gasteiger partial charge in [0.1, 0.15) is 11.9 Å². The molecule has 0 radical (unpaired) electrons. The van der Waals surface area contributed by atoms with E-state index in [1.165, 1.54) is 30.5 Å². The summed E-state index contributed by atoms with van der Waals surface area (Å²) < 4.78 is 24.4. The van der Waals surface area contributed by atoms with Crippen molar-refractivity contribution in [2.75, 3.05) is 20.8 Å². The molecule has 3 aromatic carbocycles. The van der Waals surface area contributed by atoms with Crippen LogP contribution in [0.2, 0.25) is 0 Å². The number of rotatable bonds is 12. The monoisotopic (exact) mass is 544 g/mol. The van der Waals surface area contributed by atoms with E-state index in [0.717, 1.165) is 30.4 Å². The number of carbonyl (C=O) groups is 2. The zero-order chi connectivity index (χ0) is 28.3. The Hall–Kier alpha value is -4.13. The number of amides is 2. The van der Waals surface area contributed by atoms with Crippen LogP contribution in [0.4, 0.5) is 4.39 Å². The summed E-state index contributed by atoms with van der Waals surface area (Å²) >= 11 is 0. The Bertz CT molecular complexity index is 1310. The summed E-state index contributed by atoms with van der Waals surface area (Å²) in [4.78, 5) is 29.3. The molecular weight excluding hydrogens is 507 g/mol. The third kappa shape index (κ3) is 7.72. The smallest absolute Gasteiger partial charge is 0.247 e. The first-order valence-corrected chi connectivity index (χ1v) is 13.7. The molecule has 1 aliphatic carbocycles. The highest BCUT2D eigenvalue weighted by Crippen LogP contribution is 2.30. The average molecular weight is 545 g/mol. The number of benzene rings is 3. The van der Waals surface area contributed by atoms with Crippen LogP contribution in [0.15, 0.2) is 84.4 Å². The fourth-order valence-corrected chi connectivity index (χ4v) is 5.06. The number of nitrogens with zero attached hydrogens (tertiary/aromatic N) is 1. The maximum Gasteiger partial charge on any atom is 0.247 e. The first-order valence-electron chi connectivity index (χ1n) is 13.7. The molecule has 40 heavy (non-hydrogen) atoms. The van der Waals surface area contributed by atoms with Crippen molar-refractivity contribution < 1.29 is 23.5 Å². The van der Waals surface area contributed by atoms with E-state index in [1.54, 1.807) is 43.4 Å². The second-order valence-corrected chi connectivity index (χ2v) is 9.98. The van der Waals surface area contributed by atoms with Crippen molar-refractivity contribution >= 4 is 11.8 Å². The van der Waals surface area contributed by atoms with Gasteiger partial charge in [0.15, 0.2) is 11.5 Å². The summed E-state index contributed by atoms with van der Waals surface area (Å²) in [7, 11) is 3.10. The lowest BCUT2D eigenvalue weighted by Crippen LogP contribution is -2.44. The van der Waals surface area contributed by atoms with Gasteiger partial charge in [0.2, 0.25) is 11.8 Å². The van der Waals surface area contributed by atoms with Gasteiger partial charge in [-0.15, -0.1) is 0 Å². The maximum atomic E-state index is 14.0. The van der Waals surface area contributed by atoms with E-state index in [1.807, 2.05) is 36.4 Å². The molecule has 2 amide bonds. The molecule has 7 heteroatoms. The molecule has 6 nitrogen and oxygen atoms in total. The van der Waals surface area contributed by atoms with E-state index in [9.17, 15) is 14.0 Å². The lowest BCUT2D eigenvalue weighted by Gasteiger charge is -2.32. The van der Waals surface area contributed by atoms with Gasteiger partial charge in [0, 0.05) is 13.1 Å². The highest BCUT2D eigenvalue weighted by Gasteiger charge is 2.31.